The van der Waals surface area contributed by atoms with E-state index in [9.17, 15) is 0 Å². The molecule has 0 aliphatic heterocycles. The fourth-order valence-corrected chi connectivity index (χ4v) is 5.03. The largest absolute Gasteiger partial charge is 0.230 e. The summed E-state index contributed by atoms with van der Waals surface area (Å²) in [7, 11) is 0.635. The molecule has 0 saturated carbocycles. The molecule has 1 unspecified atom stereocenters. The van der Waals surface area contributed by atoms with Crippen LogP contribution in [0.4, 0.5) is 0 Å². The Morgan fingerprint density at radius 1 is 0.727 bits per heavy atom. The minimum absolute atomic E-state index is 0.138. The maximum absolute atomic E-state index is 3.62. The summed E-state index contributed by atoms with van der Waals surface area (Å²) >= 11 is 7.23. The zero-order chi connectivity index (χ0) is 17.5. The van der Waals surface area contributed by atoms with Crippen LogP contribution in [-0.2, 0) is 16.2 Å². The van der Waals surface area contributed by atoms with Crippen LogP contribution in [0.5, 0.6) is 0 Å². The molecule has 0 aliphatic carbocycles. The lowest BCUT2D eigenvalue weighted by atomic mass is 9.75. The second-order valence-corrected chi connectivity index (χ2v) is 14.4. The summed E-state index contributed by atoms with van der Waals surface area (Å²) in [5.41, 5.74) is 4.82. The monoisotopic (exact) mass is 447 g/mol. The molecule has 3 heteroatoms. The minimum atomic E-state index is 0.138. The predicted octanol–water partition coefficient (Wildman–Crippen LogP) is 6.76. The predicted molar refractivity (Wildman–Crippen MR) is 113 cm³/mol. The molecule has 0 nitrogen and oxygen atoms in total. The van der Waals surface area contributed by atoms with Crippen molar-refractivity contribution >= 4 is 48.5 Å². The minimum Gasteiger partial charge on any atom is -0.0561 e. The van der Waals surface area contributed by atoms with Crippen molar-refractivity contribution in [2.24, 2.45) is 0 Å². The molecule has 0 aliphatic rings. The number of benzene rings is 1. The Hall–Kier alpha value is 0.350. The summed E-state index contributed by atoms with van der Waals surface area (Å²) in [4.78, 5) is 0. The topological polar surface area (TPSA) is 0 Å². The van der Waals surface area contributed by atoms with Crippen LogP contribution in [0.1, 0.15) is 79.0 Å². The first-order valence-corrected chi connectivity index (χ1v) is 10.4. The summed E-state index contributed by atoms with van der Waals surface area (Å²) in [5, 5.41) is 1.48. The maximum atomic E-state index is 3.62. The zero-order valence-electron chi connectivity index (χ0n) is 15.4. The van der Waals surface area contributed by atoms with Crippen molar-refractivity contribution < 1.29 is 0 Å². The van der Waals surface area contributed by atoms with Crippen molar-refractivity contribution in [1.82, 2.24) is 0 Å². The van der Waals surface area contributed by atoms with Gasteiger partial charge in [0.2, 0.25) is 3.11 Å². The standard InChI is InChI=1S/C19H29Br2P/c1-17(2,3)12-10-13(18(4,5)6)15(22-16(20)21)14(11-12)19(7,8)9/h10-11H,1-9H3/p+1. The highest BCUT2D eigenvalue weighted by Crippen LogP contribution is 2.35. The van der Waals surface area contributed by atoms with Crippen LogP contribution in [0.25, 0.3) is 0 Å². The Kier molecular flexibility index (Phi) is 6.20. The highest BCUT2D eigenvalue weighted by Gasteiger charge is 2.32. The van der Waals surface area contributed by atoms with E-state index in [2.05, 4.69) is 106 Å². The fraction of sp³-hybridized carbons (Fsp3) is 0.632. The molecule has 0 saturated heterocycles. The fourth-order valence-electron chi connectivity index (χ4n) is 2.49. The maximum Gasteiger partial charge on any atom is 0.230 e. The Labute approximate surface area is 155 Å². The lowest BCUT2D eigenvalue weighted by Gasteiger charge is -2.30. The van der Waals surface area contributed by atoms with E-state index in [0.29, 0.717) is 8.20 Å². The van der Waals surface area contributed by atoms with E-state index in [0.717, 1.165) is 3.11 Å². The van der Waals surface area contributed by atoms with Gasteiger partial charge in [0, 0.05) is 43.0 Å². The van der Waals surface area contributed by atoms with Gasteiger partial charge < -0.3 is 0 Å². The molecule has 0 aromatic heterocycles. The molecule has 0 radical (unpaired) electrons. The van der Waals surface area contributed by atoms with E-state index in [-0.39, 0.29) is 16.2 Å². The third-order valence-corrected chi connectivity index (χ3v) is 6.01. The molecule has 1 aromatic rings. The number of halogens is 2. The molecule has 1 rings (SSSR count). The van der Waals surface area contributed by atoms with Crippen molar-refractivity contribution in [3.8, 4) is 0 Å². The first kappa shape index (κ1) is 20.4. The molecule has 0 fully saturated rings. The third kappa shape index (κ3) is 5.18. The SMILES string of the molecule is CC(C)(C)c1cc(C(C)(C)C)c([PH+]=C(Br)Br)c(C(C)(C)C)c1. The number of rotatable bonds is 1. The van der Waals surface area contributed by atoms with Gasteiger partial charge in [0.1, 0.15) is 8.20 Å². The van der Waals surface area contributed by atoms with Gasteiger partial charge in [-0.1, -0.05) is 74.4 Å². The van der Waals surface area contributed by atoms with Gasteiger partial charge in [-0.3, -0.25) is 0 Å². The molecule has 0 heterocycles. The Bertz CT molecular complexity index is 540. The van der Waals surface area contributed by atoms with E-state index in [1.54, 1.807) is 0 Å². The molecule has 124 valence electrons. The Morgan fingerprint density at radius 3 is 1.32 bits per heavy atom. The normalized spacial score (nSPS) is 13.6. The summed E-state index contributed by atoms with van der Waals surface area (Å²) in [6, 6.07) is 4.86. The third-order valence-electron chi connectivity index (χ3n) is 3.84. The molecule has 0 N–H and O–H groups in total. The van der Waals surface area contributed by atoms with Crippen LogP contribution in [0.15, 0.2) is 12.1 Å². The van der Waals surface area contributed by atoms with Crippen molar-refractivity contribution in [2.45, 2.75) is 78.6 Å². The van der Waals surface area contributed by atoms with Crippen molar-refractivity contribution in [2.75, 3.05) is 0 Å². The molecule has 1 atom stereocenters. The van der Waals surface area contributed by atoms with Gasteiger partial charge in [-0.05, 0) is 21.8 Å². The van der Waals surface area contributed by atoms with Crippen molar-refractivity contribution in [3.05, 3.63) is 28.8 Å². The van der Waals surface area contributed by atoms with E-state index in [4.69, 9.17) is 0 Å². The summed E-state index contributed by atoms with van der Waals surface area (Å²) in [6.07, 6.45) is 0. The molecule has 22 heavy (non-hydrogen) atoms. The highest BCUT2D eigenvalue weighted by atomic mass is 79.9. The van der Waals surface area contributed by atoms with Crippen LogP contribution in [0, 0.1) is 0 Å². The van der Waals surface area contributed by atoms with Gasteiger partial charge in [0.15, 0.2) is 5.30 Å². The van der Waals surface area contributed by atoms with Gasteiger partial charge in [-0.25, -0.2) is 0 Å². The van der Waals surface area contributed by atoms with Crippen molar-refractivity contribution in [1.29, 1.82) is 0 Å². The average molecular weight is 449 g/mol. The van der Waals surface area contributed by atoms with E-state index in [1.165, 1.54) is 22.0 Å². The lowest BCUT2D eigenvalue weighted by Crippen LogP contribution is -2.29. The van der Waals surface area contributed by atoms with Crippen LogP contribution in [-0.4, -0.2) is 3.11 Å². The van der Waals surface area contributed by atoms with Gasteiger partial charge in [-0.15, -0.1) is 0 Å². The number of hydrogen-bond donors (Lipinski definition) is 0. The quantitative estimate of drug-likeness (QED) is 0.416. The van der Waals surface area contributed by atoms with Crippen molar-refractivity contribution in [3.63, 3.8) is 0 Å². The smallest absolute Gasteiger partial charge is 0.0561 e. The van der Waals surface area contributed by atoms with E-state index < -0.39 is 0 Å². The van der Waals surface area contributed by atoms with E-state index >= 15 is 0 Å². The van der Waals surface area contributed by atoms with Crippen LogP contribution >= 0.6 is 40.1 Å². The van der Waals surface area contributed by atoms with Crippen LogP contribution in [0.2, 0.25) is 0 Å². The first-order valence-electron chi connectivity index (χ1n) is 7.78. The first-order chi connectivity index (χ1) is 9.64. The summed E-state index contributed by atoms with van der Waals surface area (Å²) in [6.45, 7) is 20.8. The molecular formula is C19H30Br2P+. The van der Waals surface area contributed by atoms with Gasteiger partial charge >= 0.3 is 0 Å². The molecule has 0 bridgehead atoms. The van der Waals surface area contributed by atoms with E-state index in [1.807, 2.05) is 0 Å². The van der Waals surface area contributed by atoms with Gasteiger partial charge in [0.05, 0.1) is 0 Å². The summed E-state index contributed by atoms with van der Waals surface area (Å²) < 4.78 is 1.14. The lowest BCUT2D eigenvalue weighted by molar-refractivity contribution is 0.554. The second-order valence-electron chi connectivity index (χ2n) is 9.08. The highest BCUT2D eigenvalue weighted by molar-refractivity contribution is 9.41. The van der Waals surface area contributed by atoms with Crippen LogP contribution in [0.3, 0.4) is 0 Å². The number of hydrogen-bond acceptors (Lipinski definition) is 0. The van der Waals surface area contributed by atoms with Crippen LogP contribution < -0.4 is 5.30 Å². The summed E-state index contributed by atoms with van der Waals surface area (Å²) in [5.74, 6) is 0. The zero-order valence-corrected chi connectivity index (χ0v) is 19.6. The Balaban J connectivity index is 3.91. The molecule has 0 amide bonds. The molecule has 0 spiro atoms. The Morgan fingerprint density at radius 2 is 1.09 bits per heavy atom. The second kappa shape index (κ2) is 6.69. The average Bonchev–Trinajstić information content (AvgIpc) is 2.23. The van der Waals surface area contributed by atoms with Gasteiger partial charge in [0.25, 0.3) is 0 Å². The molecule has 1 aromatic carbocycles. The molecular weight excluding hydrogens is 419 g/mol. The van der Waals surface area contributed by atoms with Gasteiger partial charge in [-0.2, -0.15) is 0 Å².